The van der Waals surface area contributed by atoms with Crippen molar-refractivity contribution in [1.29, 1.82) is 0 Å². The number of aliphatic carboxylic acids is 1. The lowest BCUT2D eigenvalue weighted by Gasteiger charge is -2.17. The average molecular weight is 203 g/mol. The van der Waals surface area contributed by atoms with Crippen molar-refractivity contribution < 1.29 is 9.90 Å². The summed E-state index contributed by atoms with van der Waals surface area (Å²) in [6.07, 6.45) is 3.99. The molecule has 1 aromatic rings. The molecule has 0 aromatic heterocycles. The van der Waals surface area contributed by atoms with Gasteiger partial charge in [-0.3, -0.25) is 4.79 Å². The summed E-state index contributed by atoms with van der Waals surface area (Å²) >= 11 is 0. The summed E-state index contributed by atoms with van der Waals surface area (Å²) in [6.45, 7) is 0. The maximum Gasteiger partial charge on any atom is 0.304 e. The SMILES string of the molecule is NC(CC(=O)O)C1C=Cc2ccccc21. The van der Waals surface area contributed by atoms with Gasteiger partial charge < -0.3 is 10.8 Å². The highest BCUT2D eigenvalue weighted by Gasteiger charge is 2.24. The molecule has 3 N–H and O–H groups in total. The van der Waals surface area contributed by atoms with Crippen LogP contribution in [0.1, 0.15) is 23.5 Å². The zero-order chi connectivity index (χ0) is 10.8. The Kier molecular flexibility index (Phi) is 2.56. The fraction of sp³-hybridized carbons (Fsp3) is 0.250. The Morgan fingerprint density at radius 1 is 1.47 bits per heavy atom. The smallest absolute Gasteiger partial charge is 0.304 e. The minimum absolute atomic E-state index is 0.00331. The van der Waals surface area contributed by atoms with Gasteiger partial charge in [0.05, 0.1) is 6.42 Å². The third-order valence-corrected chi connectivity index (χ3v) is 2.71. The molecule has 0 aliphatic heterocycles. The van der Waals surface area contributed by atoms with Crippen molar-refractivity contribution in [3.8, 4) is 0 Å². The van der Waals surface area contributed by atoms with Gasteiger partial charge in [0.25, 0.3) is 0 Å². The first kappa shape index (κ1) is 9.93. The van der Waals surface area contributed by atoms with Gasteiger partial charge in [-0.05, 0) is 11.1 Å². The molecule has 3 nitrogen and oxygen atoms in total. The Hall–Kier alpha value is -1.61. The summed E-state index contributed by atoms with van der Waals surface area (Å²) < 4.78 is 0. The van der Waals surface area contributed by atoms with Gasteiger partial charge >= 0.3 is 5.97 Å². The zero-order valence-corrected chi connectivity index (χ0v) is 8.26. The number of fused-ring (bicyclic) bond motifs is 1. The van der Waals surface area contributed by atoms with Gasteiger partial charge in [0.1, 0.15) is 0 Å². The molecule has 2 unspecified atom stereocenters. The molecule has 0 saturated heterocycles. The van der Waals surface area contributed by atoms with Crippen LogP contribution in [0.25, 0.3) is 6.08 Å². The topological polar surface area (TPSA) is 63.3 Å². The number of carboxylic acid groups (broad SMARTS) is 1. The van der Waals surface area contributed by atoms with E-state index < -0.39 is 5.97 Å². The monoisotopic (exact) mass is 203 g/mol. The van der Waals surface area contributed by atoms with Crippen LogP contribution >= 0.6 is 0 Å². The van der Waals surface area contributed by atoms with Crippen LogP contribution in [0.15, 0.2) is 30.3 Å². The number of rotatable bonds is 3. The summed E-state index contributed by atoms with van der Waals surface area (Å²) in [5.41, 5.74) is 8.14. The lowest BCUT2D eigenvalue weighted by molar-refractivity contribution is -0.137. The van der Waals surface area contributed by atoms with Crippen LogP contribution in [0.2, 0.25) is 0 Å². The number of hydrogen-bond acceptors (Lipinski definition) is 2. The predicted octanol–water partition coefficient (Wildman–Crippen LogP) is 1.60. The van der Waals surface area contributed by atoms with Crippen LogP contribution in [0.5, 0.6) is 0 Å². The van der Waals surface area contributed by atoms with Gasteiger partial charge in [-0.15, -0.1) is 0 Å². The first-order chi connectivity index (χ1) is 7.18. The second kappa shape index (κ2) is 3.87. The van der Waals surface area contributed by atoms with Gasteiger partial charge in [0.15, 0.2) is 0 Å². The number of carboxylic acids is 1. The molecule has 78 valence electrons. The van der Waals surface area contributed by atoms with E-state index >= 15 is 0 Å². The van der Waals surface area contributed by atoms with E-state index in [9.17, 15) is 4.79 Å². The third-order valence-electron chi connectivity index (χ3n) is 2.71. The van der Waals surface area contributed by atoms with Crippen molar-refractivity contribution in [3.05, 3.63) is 41.5 Å². The predicted molar refractivity (Wildman–Crippen MR) is 58.4 cm³/mol. The minimum Gasteiger partial charge on any atom is -0.481 e. The van der Waals surface area contributed by atoms with E-state index in [-0.39, 0.29) is 18.4 Å². The average Bonchev–Trinajstić information content (AvgIpc) is 2.59. The number of carbonyl (C=O) groups is 1. The van der Waals surface area contributed by atoms with Crippen molar-refractivity contribution in [1.82, 2.24) is 0 Å². The molecule has 1 aliphatic rings. The van der Waals surface area contributed by atoms with E-state index in [0.717, 1.165) is 11.1 Å². The second-order valence-electron chi connectivity index (χ2n) is 3.78. The van der Waals surface area contributed by atoms with E-state index in [1.54, 1.807) is 0 Å². The second-order valence-corrected chi connectivity index (χ2v) is 3.78. The summed E-state index contributed by atoms with van der Waals surface area (Å²) in [7, 11) is 0. The van der Waals surface area contributed by atoms with E-state index in [1.165, 1.54) is 0 Å². The Morgan fingerprint density at radius 2 is 2.20 bits per heavy atom. The van der Waals surface area contributed by atoms with Crippen LogP contribution in [0, 0.1) is 0 Å². The van der Waals surface area contributed by atoms with Gasteiger partial charge in [-0.2, -0.15) is 0 Å². The van der Waals surface area contributed by atoms with E-state index in [2.05, 4.69) is 0 Å². The minimum atomic E-state index is -0.847. The van der Waals surface area contributed by atoms with Crippen molar-refractivity contribution in [3.63, 3.8) is 0 Å². The number of benzene rings is 1. The quantitative estimate of drug-likeness (QED) is 0.784. The molecular formula is C12H13NO2. The van der Waals surface area contributed by atoms with Crippen LogP contribution in [-0.2, 0) is 4.79 Å². The third kappa shape index (κ3) is 1.92. The van der Waals surface area contributed by atoms with Crippen molar-refractivity contribution in [2.24, 2.45) is 5.73 Å². The molecule has 1 aromatic carbocycles. The Balaban J connectivity index is 2.20. The van der Waals surface area contributed by atoms with Gasteiger partial charge in [0, 0.05) is 12.0 Å². The Labute approximate surface area is 88.2 Å². The molecule has 0 saturated carbocycles. The fourth-order valence-electron chi connectivity index (χ4n) is 1.98. The normalized spacial score (nSPS) is 19.9. The molecule has 0 fully saturated rings. The summed E-state index contributed by atoms with van der Waals surface area (Å²) in [5.74, 6) is -0.808. The van der Waals surface area contributed by atoms with E-state index in [0.29, 0.717) is 0 Å². The molecule has 0 heterocycles. The van der Waals surface area contributed by atoms with Gasteiger partial charge in [0.2, 0.25) is 0 Å². The maximum absolute atomic E-state index is 10.6. The zero-order valence-electron chi connectivity index (χ0n) is 8.26. The fourth-order valence-corrected chi connectivity index (χ4v) is 1.98. The van der Waals surface area contributed by atoms with Gasteiger partial charge in [-0.1, -0.05) is 36.4 Å². The highest BCUT2D eigenvalue weighted by Crippen LogP contribution is 2.32. The van der Waals surface area contributed by atoms with Crippen molar-refractivity contribution in [2.45, 2.75) is 18.4 Å². The molecule has 3 heteroatoms. The first-order valence-electron chi connectivity index (χ1n) is 4.93. The molecule has 2 atom stereocenters. The van der Waals surface area contributed by atoms with Crippen LogP contribution in [-0.4, -0.2) is 17.1 Å². The number of nitrogens with two attached hydrogens (primary N) is 1. The highest BCUT2D eigenvalue weighted by atomic mass is 16.4. The molecule has 1 aliphatic carbocycles. The Morgan fingerprint density at radius 3 is 2.93 bits per heavy atom. The maximum atomic E-state index is 10.6. The lowest BCUT2D eigenvalue weighted by Crippen LogP contribution is -2.29. The summed E-state index contributed by atoms with van der Waals surface area (Å²) in [5, 5.41) is 8.69. The summed E-state index contributed by atoms with van der Waals surface area (Å²) in [6, 6.07) is 7.59. The van der Waals surface area contributed by atoms with E-state index in [4.69, 9.17) is 10.8 Å². The summed E-state index contributed by atoms with van der Waals surface area (Å²) in [4.78, 5) is 10.6. The molecule has 2 rings (SSSR count). The van der Waals surface area contributed by atoms with Crippen LogP contribution < -0.4 is 5.73 Å². The standard InChI is InChI=1S/C12H13NO2/c13-11(7-12(14)15)10-6-5-8-3-1-2-4-9(8)10/h1-6,10-11H,7,13H2,(H,14,15). The molecule has 0 bridgehead atoms. The first-order valence-corrected chi connectivity index (χ1v) is 4.93. The highest BCUT2D eigenvalue weighted by molar-refractivity contribution is 5.69. The van der Waals surface area contributed by atoms with Crippen LogP contribution in [0.4, 0.5) is 0 Å². The molecular weight excluding hydrogens is 190 g/mol. The molecule has 0 radical (unpaired) electrons. The molecule has 0 spiro atoms. The lowest BCUT2D eigenvalue weighted by atomic mass is 9.92. The number of hydrogen-bond donors (Lipinski definition) is 2. The van der Waals surface area contributed by atoms with Crippen molar-refractivity contribution >= 4 is 12.0 Å². The largest absolute Gasteiger partial charge is 0.481 e. The van der Waals surface area contributed by atoms with Gasteiger partial charge in [-0.25, -0.2) is 0 Å². The molecule has 15 heavy (non-hydrogen) atoms. The van der Waals surface area contributed by atoms with Crippen molar-refractivity contribution in [2.75, 3.05) is 0 Å². The Bertz CT molecular complexity index is 412. The van der Waals surface area contributed by atoms with Crippen LogP contribution in [0.3, 0.4) is 0 Å². The van der Waals surface area contributed by atoms with E-state index in [1.807, 2.05) is 36.4 Å². The molecule has 0 amide bonds.